The molecule has 1 heterocycles. The molecule has 9 heteroatoms. The van der Waals surface area contributed by atoms with Gasteiger partial charge >= 0.3 is 5.97 Å². The minimum absolute atomic E-state index is 0.0103. The summed E-state index contributed by atoms with van der Waals surface area (Å²) < 4.78 is 0. The van der Waals surface area contributed by atoms with Crippen LogP contribution in [0, 0.1) is 0 Å². The number of aromatic hydroxyl groups is 1. The monoisotopic (exact) mass is 495 g/mol. The van der Waals surface area contributed by atoms with Crippen molar-refractivity contribution in [3.05, 3.63) is 81.3 Å². The minimum Gasteiger partial charge on any atom is -0.508 e. The maximum absolute atomic E-state index is 13.1. The second-order valence-corrected chi connectivity index (χ2v) is 9.32. The van der Waals surface area contributed by atoms with Crippen molar-refractivity contribution >= 4 is 29.1 Å². The molecule has 35 heavy (non-hydrogen) atoms. The average molecular weight is 496 g/mol. The van der Waals surface area contributed by atoms with Crippen LogP contribution in [0.2, 0.25) is 0 Å². The van der Waals surface area contributed by atoms with E-state index in [1.165, 1.54) is 30.4 Å². The van der Waals surface area contributed by atoms with Gasteiger partial charge in [-0.2, -0.15) is 0 Å². The van der Waals surface area contributed by atoms with Gasteiger partial charge in [-0.15, -0.1) is 11.3 Å². The van der Waals surface area contributed by atoms with E-state index >= 15 is 0 Å². The standard InChI is InChI=1S/C26H29N3O5S/c1-3-20(28-24(32)21(27-16(2)30)15-18-9-12-19(31)13-10-18)25-29-23(26(33)34)22(35-25)14-11-17-7-5-4-6-8-17/h4-10,12-13,20-21,31H,3,11,14-15H2,1-2H3,(H,27,30)(H,28,32)(H,33,34). The number of carbonyl (C=O) groups excluding carboxylic acids is 2. The molecule has 0 aliphatic carbocycles. The lowest BCUT2D eigenvalue weighted by Crippen LogP contribution is -2.48. The van der Waals surface area contributed by atoms with E-state index in [1.54, 1.807) is 12.1 Å². The number of nitrogens with zero attached hydrogens (tertiary/aromatic N) is 1. The third-order valence-corrected chi connectivity index (χ3v) is 6.72. The second-order valence-electron chi connectivity index (χ2n) is 8.21. The molecule has 2 unspecified atom stereocenters. The first kappa shape index (κ1) is 25.9. The van der Waals surface area contributed by atoms with Crippen LogP contribution in [-0.2, 0) is 28.9 Å². The zero-order valence-corrected chi connectivity index (χ0v) is 20.5. The molecule has 2 aromatic carbocycles. The van der Waals surface area contributed by atoms with Crippen molar-refractivity contribution in [2.24, 2.45) is 0 Å². The maximum Gasteiger partial charge on any atom is 0.355 e. The largest absolute Gasteiger partial charge is 0.508 e. The van der Waals surface area contributed by atoms with Crippen molar-refractivity contribution in [2.75, 3.05) is 0 Å². The van der Waals surface area contributed by atoms with Crippen molar-refractivity contribution in [2.45, 2.75) is 51.6 Å². The molecule has 0 spiro atoms. The molecule has 1 aromatic heterocycles. The quantitative estimate of drug-likeness (QED) is 0.321. The third kappa shape index (κ3) is 7.38. The lowest BCUT2D eigenvalue weighted by molar-refractivity contribution is -0.128. The zero-order valence-electron chi connectivity index (χ0n) is 19.7. The summed E-state index contributed by atoms with van der Waals surface area (Å²) in [6.45, 7) is 3.22. The molecule has 184 valence electrons. The lowest BCUT2D eigenvalue weighted by Gasteiger charge is -2.21. The Kier molecular flexibility index (Phi) is 8.97. The summed E-state index contributed by atoms with van der Waals surface area (Å²) in [5.41, 5.74) is 1.89. The molecule has 2 atom stereocenters. The molecule has 0 aliphatic heterocycles. The van der Waals surface area contributed by atoms with Gasteiger partial charge in [-0.1, -0.05) is 49.4 Å². The van der Waals surface area contributed by atoms with E-state index in [-0.39, 0.29) is 23.8 Å². The molecule has 3 rings (SSSR count). The Morgan fingerprint density at radius 1 is 0.971 bits per heavy atom. The molecule has 4 N–H and O–H groups in total. The Morgan fingerprint density at radius 2 is 1.66 bits per heavy atom. The van der Waals surface area contributed by atoms with Gasteiger partial charge in [0, 0.05) is 18.2 Å². The van der Waals surface area contributed by atoms with Crippen LogP contribution in [0.4, 0.5) is 0 Å². The number of carbonyl (C=O) groups is 3. The van der Waals surface area contributed by atoms with Crippen LogP contribution in [-0.4, -0.2) is 39.0 Å². The highest BCUT2D eigenvalue weighted by Gasteiger charge is 2.26. The fraction of sp³-hybridized carbons (Fsp3) is 0.308. The minimum atomic E-state index is -1.10. The number of phenols is 1. The van der Waals surface area contributed by atoms with E-state index in [0.717, 1.165) is 11.1 Å². The first-order valence-corrected chi connectivity index (χ1v) is 12.2. The van der Waals surface area contributed by atoms with Crippen molar-refractivity contribution in [1.29, 1.82) is 0 Å². The lowest BCUT2D eigenvalue weighted by atomic mass is 10.0. The Hall–Kier alpha value is -3.72. The van der Waals surface area contributed by atoms with E-state index in [2.05, 4.69) is 15.6 Å². The van der Waals surface area contributed by atoms with Crippen LogP contribution in [0.5, 0.6) is 5.75 Å². The van der Waals surface area contributed by atoms with Crippen LogP contribution < -0.4 is 10.6 Å². The second kappa shape index (κ2) is 12.1. The number of aromatic carboxylic acids is 1. The number of nitrogens with one attached hydrogen (secondary N) is 2. The van der Waals surface area contributed by atoms with Gasteiger partial charge in [0.2, 0.25) is 11.8 Å². The number of carboxylic acid groups (broad SMARTS) is 1. The first-order chi connectivity index (χ1) is 16.8. The summed E-state index contributed by atoms with van der Waals surface area (Å²) in [5.74, 6) is -1.72. The highest BCUT2D eigenvalue weighted by atomic mass is 32.1. The van der Waals surface area contributed by atoms with Crippen LogP contribution >= 0.6 is 11.3 Å². The Morgan fingerprint density at radius 3 is 2.26 bits per heavy atom. The highest BCUT2D eigenvalue weighted by molar-refractivity contribution is 7.12. The molecule has 0 aliphatic rings. The van der Waals surface area contributed by atoms with Gasteiger partial charge in [0.1, 0.15) is 16.8 Å². The van der Waals surface area contributed by atoms with Gasteiger partial charge in [-0.25, -0.2) is 9.78 Å². The maximum atomic E-state index is 13.1. The SMILES string of the molecule is CCC(NC(=O)C(Cc1ccc(O)cc1)NC(C)=O)c1nc(C(=O)O)c(CCc2ccccc2)s1. The third-order valence-electron chi connectivity index (χ3n) is 5.49. The van der Waals surface area contributed by atoms with Crippen LogP contribution in [0.25, 0.3) is 0 Å². The van der Waals surface area contributed by atoms with E-state index in [4.69, 9.17) is 0 Å². The Balaban J connectivity index is 1.76. The van der Waals surface area contributed by atoms with E-state index in [0.29, 0.717) is 29.1 Å². The van der Waals surface area contributed by atoms with Crippen LogP contribution in [0.15, 0.2) is 54.6 Å². The molecule has 0 radical (unpaired) electrons. The van der Waals surface area contributed by atoms with Crippen molar-refractivity contribution in [1.82, 2.24) is 15.6 Å². The summed E-state index contributed by atoms with van der Waals surface area (Å²) in [6.07, 6.45) is 1.96. The normalized spacial score (nSPS) is 12.5. The number of rotatable bonds is 11. The fourth-order valence-corrected chi connectivity index (χ4v) is 4.88. The zero-order chi connectivity index (χ0) is 25.4. The molecule has 0 bridgehead atoms. The topological polar surface area (TPSA) is 129 Å². The van der Waals surface area contributed by atoms with Gasteiger partial charge in [0.25, 0.3) is 0 Å². The summed E-state index contributed by atoms with van der Waals surface area (Å²) >= 11 is 1.29. The molecular weight excluding hydrogens is 466 g/mol. The number of benzene rings is 2. The Labute approximate surface area is 208 Å². The highest BCUT2D eigenvalue weighted by Crippen LogP contribution is 2.28. The summed E-state index contributed by atoms with van der Waals surface area (Å²) in [7, 11) is 0. The molecule has 3 aromatic rings. The molecule has 0 saturated carbocycles. The summed E-state index contributed by atoms with van der Waals surface area (Å²) in [5, 5.41) is 25.3. The van der Waals surface area contributed by atoms with Gasteiger partial charge in [-0.3, -0.25) is 9.59 Å². The van der Waals surface area contributed by atoms with Crippen molar-refractivity contribution in [3.8, 4) is 5.75 Å². The molecule has 0 saturated heterocycles. The van der Waals surface area contributed by atoms with Gasteiger partial charge in [-0.05, 0) is 42.5 Å². The number of phenolic OH excluding ortho intramolecular Hbond substituents is 1. The van der Waals surface area contributed by atoms with Crippen molar-refractivity contribution in [3.63, 3.8) is 0 Å². The number of carboxylic acids is 1. The first-order valence-electron chi connectivity index (χ1n) is 11.4. The molecule has 0 fully saturated rings. The summed E-state index contributed by atoms with van der Waals surface area (Å²) in [6, 6.07) is 14.9. The van der Waals surface area contributed by atoms with Gasteiger partial charge in [0.05, 0.1) is 6.04 Å². The predicted molar refractivity (Wildman–Crippen MR) is 134 cm³/mol. The van der Waals surface area contributed by atoms with Gasteiger partial charge in [0.15, 0.2) is 5.69 Å². The average Bonchev–Trinajstić information content (AvgIpc) is 3.27. The number of amides is 2. The number of aromatic nitrogens is 1. The van der Waals surface area contributed by atoms with E-state index in [9.17, 15) is 24.6 Å². The van der Waals surface area contributed by atoms with Gasteiger partial charge < -0.3 is 20.8 Å². The number of hydrogen-bond donors (Lipinski definition) is 4. The van der Waals surface area contributed by atoms with E-state index in [1.807, 2.05) is 37.3 Å². The fourth-order valence-electron chi connectivity index (χ4n) is 3.69. The number of thiazole rings is 1. The molecule has 2 amide bonds. The Bertz CT molecular complexity index is 1160. The molecule has 8 nitrogen and oxygen atoms in total. The predicted octanol–water partition coefficient (Wildman–Crippen LogP) is 3.65. The van der Waals surface area contributed by atoms with Crippen LogP contribution in [0.3, 0.4) is 0 Å². The smallest absolute Gasteiger partial charge is 0.355 e. The van der Waals surface area contributed by atoms with E-state index < -0.39 is 24.0 Å². The van der Waals surface area contributed by atoms with Crippen molar-refractivity contribution < 1.29 is 24.6 Å². The molecular formula is C26H29N3O5S. The summed E-state index contributed by atoms with van der Waals surface area (Å²) in [4.78, 5) is 41.7. The number of hydrogen-bond acceptors (Lipinski definition) is 6. The van der Waals surface area contributed by atoms with Crippen LogP contribution in [0.1, 0.15) is 57.8 Å². The number of aryl methyl sites for hydroxylation is 2.